The summed E-state index contributed by atoms with van der Waals surface area (Å²) >= 11 is 0. The molecule has 1 fully saturated rings. The molecule has 5 atom stereocenters. The number of esters is 1. The van der Waals surface area contributed by atoms with E-state index < -0.39 is 36.7 Å². The van der Waals surface area contributed by atoms with Crippen LogP contribution in [0.3, 0.4) is 0 Å². The highest BCUT2D eigenvalue weighted by atomic mass is 16.7. The molecule has 2 heterocycles. The van der Waals surface area contributed by atoms with Gasteiger partial charge in [0.15, 0.2) is 12.4 Å². The molecule has 1 aliphatic rings. The maximum absolute atomic E-state index is 12.0. The third kappa shape index (κ3) is 3.33. The summed E-state index contributed by atoms with van der Waals surface area (Å²) in [7, 11) is 0. The van der Waals surface area contributed by atoms with Crippen LogP contribution in [-0.4, -0.2) is 72.5 Å². The molecule has 5 unspecified atom stereocenters. The summed E-state index contributed by atoms with van der Waals surface area (Å²) in [6, 6.07) is 6.77. The Kier molecular flexibility index (Phi) is 5.39. The van der Waals surface area contributed by atoms with Gasteiger partial charge in [-0.3, -0.25) is 0 Å². The lowest BCUT2D eigenvalue weighted by Crippen LogP contribution is -2.60. The monoisotopic (exact) mass is 340 g/mol. The van der Waals surface area contributed by atoms with Gasteiger partial charge < -0.3 is 35.4 Å². The number of nitrogens with zero attached hydrogens (tertiary/aromatic N) is 2. The molecule has 1 aliphatic heterocycles. The van der Waals surface area contributed by atoms with Crippen LogP contribution in [0.1, 0.15) is 0 Å². The summed E-state index contributed by atoms with van der Waals surface area (Å²) < 4.78 is 9.68. The smallest absolute Gasteiger partial charge is 0.346 e. The Morgan fingerprint density at radius 2 is 1.79 bits per heavy atom. The summed E-state index contributed by atoms with van der Waals surface area (Å²) in [4.78, 5) is 19.9. The standard InChI is InChI=1S/C14H14N2O7.H2O/c17-8-9(18)11(22-12(20)10(8)19)13(21)23-14-15-5-6-3-1-2-4-7(6)16-14;/h1-5,8-12,17-20H;1H2. The van der Waals surface area contributed by atoms with Crippen LogP contribution >= 0.6 is 0 Å². The van der Waals surface area contributed by atoms with Gasteiger partial charge in [0.1, 0.15) is 18.3 Å². The largest absolute Gasteiger partial charge is 0.412 e. The molecule has 0 saturated carbocycles. The third-order valence-electron chi connectivity index (χ3n) is 3.48. The predicted molar refractivity (Wildman–Crippen MR) is 77.7 cm³/mol. The highest BCUT2D eigenvalue weighted by molar-refractivity contribution is 5.80. The van der Waals surface area contributed by atoms with Gasteiger partial charge in [-0.1, -0.05) is 18.2 Å². The highest BCUT2D eigenvalue weighted by Gasteiger charge is 2.47. The van der Waals surface area contributed by atoms with Crippen molar-refractivity contribution in [2.75, 3.05) is 0 Å². The Morgan fingerprint density at radius 3 is 2.54 bits per heavy atom. The number of ether oxygens (including phenoxy) is 2. The number of aliphatic hydroxyl groups excluding tert-OH is 4. The van der Waals surface area contributed by atoms with E-state index in [4.69, 9.17) is 9.47 Å². The third-order valence-corrected chi connectivity index (χ3v) is 3.48. The Bertz CT molecular complexity index is 727. The fourth-order valence-corrected chi connectivity index (χ4v) is 2.21. The molecule has 10 heteroatoms. The maximum Gasteiger partial charge on any atom is 0.346 e. The van der Waals surface area contributed by atoms with Crippen LogP contribution in [0.5, 0.6) is 6.01 Å². The zero-order valence-corrected chi connectivity index (χ0v) is 12.2. The number of hydrogen-bond acceptors (Lipinski definition) is 9. The fourth-order valence-electron chi connectivity index (χ4n) is 2.21. The number of para-hydroxylation sites is 1. The van der Waals surface area contributed by atoms with Crippen molar-refractivity contribution in [3.05, 3.63) is 30.5 Å². The second kappa shape index (κ2) is 7.13. The van der Waals surface area contributed by atoms with E-state index in [9.17, 15) is 25.2 Å². The van der Waals surface area contributed by atoms with Crippen molar-refractivity contribution in [2.45, 2.75) is 30.7 Å². The lowest BCUT2D eigenvalue weighted by atomic mass is 9.99. The van der Waals surface area contributed by atoms with E-state index in [1.54, 1.807) is 24.3 Å². The molecule has 1 aromatic carbocycles. The van der Waals surface area contributed by atoms with Gasteiger partial charge in [-0.25, -0.2) is 9.78 Å². The lowest BCUT2D eigenvalue weighted by Gasteiger charge is -2.36. The van der Waals surface area contributed by atoms with Crippen molar-refractivity contribution in [1.82, 2.24) is 9.97 Å². The maximum atomic E-state index is 12.0. The van der Waals surface area contributed by atoms with Crippen molar-refractivity contribution in [3.63, 3.8) is 0 Å². The second-order valence-corrected chi connectivity index (χ2v) is 5.05. The van der Waals surface area contributed by atoms with Crippen molar-refractivity contribution < 1.29 is 40.2 Å². The van der Waals surface area contributed by atoms with E-state index in [1.165, 1.54) is 6.20 Å². The van der Waals surface area contributed by atoms with Gasteiger partial charge in [-0.05, 0) is 6.07 Å². The summed E-state index contributed by atoms with van der Waals surface area (Å²) in [6.07, 6.45) is -7.31. The number of fused-ring (bicyclic) bond motifs is 1. The molecule has 24 heavy (non-hydrogen) atoms. The van der Waals surface area contributed by atoms with E-state index in [0.717, 1.165) is 5.39 Å². The van der Waals surface area contributed by atoms with Gasteiger partial charge in [-0.2, -0.15) is 4.98 Å². The first kappa shape index (κ1) is 18.1. The van der Waals surface area contributed by atoms with Crippen molar-refractivity contribution >= 4 is 16.9 Å². The van der Waals surface area contributed by atoms with Crippen molar-refractivity contribution in [3.8, 4) is 6.01 Å². The molecule has 3 rings (SSSR count). The Morgan fingerprint density at radius 1 is 1.08 bits per heavy atom. The van der Waals surface area contributed by atoms with Crippen LogP contribution in [0.15, 0.2) is 30.5 Å². The first-order valence-corrected chi connectivity index (χ1v) is 6.78. The van der Waals surface area contributed by atoms with E-state index >= 15 is 0 Å². The molecule has 0 amide bonds. The summed E-state index contributed by atoms with van der Waals surface area (Å²) in [6.45, 7) is 0. The van der Waals surface area contributed by atoms with E-state index in [1.807, 2.05) is 0 Å². The SMILES string of the molecule is O.O=C(Oc1ncc2ccccc2n1)C1OC(O)C(O)C(O)C1O. The first-order valence-electron chi connectivity index (χ1n) is 6.78. The summed E-state index contributed by atoms with van der Waals surface area (Å²) in [5, 5.41) is 38.8. The topological polar surface area (TPSA) is 174 Å². The number of aromatic nitrogens is 2. The Balaban J connectivity index is 0.00000208. The minimum absolute atomic E-state index is 0. The molecule has 1 saturated heterocycles. The zero-order chi connectivity index (χ0) is 16.6. The van der Waals surface area contributed by atoms with Gasteiger partial charge >= 0.3 is 12.0 Å². The minimum Gasteiger partial charge on any atom is -0.412 e. The predicted octanol–water partition coefficient (Wildman–Crippen LogP) is -2.49. The van der Waals surface area contributed by atoms with Gasteiger partial charge in [0.25, 0.3) is 0 Å². The molecule has 0 aliphatic carbocycles. The van der Waals surface area contributed by atoms with Gasteiger partial charge in [0.2, 0.25) is 0 Å². The Labute approximate surface area is 135 Å². The number of benzene rings is 1. The highest BCUT2D eigenvalue weighted by Crippen LogP contribution is 2.21. The fraction of sp³-hybridized carbons (Fsp3) is 0.357. The van der Waals surface area contributed by atoms with Crippen molar-refractivity contribution in [2.24, 2.45) is 0 Å². The number of rotatable bonds is 2. The molecule has 0 radical (unpaired) electrons. The van der Waals surface area contributed by atoms with E-state index in [2.05, 4.69) is 9.97 Å². The summed E-state index contributed by atoms with van der Waals surface area (Å²) in [5.74, 6) is -1.10. The number of carbonyl (C=O) groups is 1. The van der Waals surface area contributed by atoms with Crippen LogP contribution in [0.2, 0.25) is 0 Å². The number of carbonyl (C=O) groups excluding carboxylic acids is 1. The normalized spacial score (nSPS) is 29.8. The van der Waals surface area contributed by atoms with Gasteiger partial charge in [0, 0.05) is 11.6 Å². The van der Waals surface area contributed by atoms with Crippen LogP contribution in [0.4, 0.5) is 0 Å². The number of aliphatic hydroxyl groups is 4. The molecule has 130 valence electrons. The molecular formula is C14H16N2O8. The van der Waals surface area contributed by atoms with Crippen LogP contribution < -0.4 is 4.74 Å². The zero-order valence-electron chi connectivity index (χ0n) is 12.2. The van der Waals surface area contributed by atoms with Crippen molar-refractivity contribution in [1.29, 1.82) is 0 Å². The van der Waals surface area contributed by atoms with E-state index in [-0.39, 0.29) is 11.5 Å². The molecule has 0 bridgehead atoms. The molecule has 10 nitrogen and oxygen atoms in total. The molecular weight excluding hydrogens is 324 g/mol. The van der Waals surface area contributed by atoms with E-state index in [0.29, 0.717) is 5.52 Å². The van der Waals surface area contributed by atoms with Gasteiger partial charge in [-0.15, -0.1) is 0 Å². The minimum atomic E-state index is -1.83. The molecule has 1 aromatic heterocycles. The Hall–Kier alpha value is -2.21. The first-order chi connectivity index (χ1) is 11.0. The lowest BCUT2D eigenvalue weighted by molar-refractivity contribution is -0.279. The van der Waals surface area contributed by atoms with Crippen LogP contribution in [0, 0.1) is 0 Å². The summed E-state index contributed by atoms with van der Waals surface area (Å²) in [5.41, 5.74) is 0.547. The molecule has 2 aromatic rings. The van der Waals surface area contributed by atoms with Crippen LogP contribution in [-0.2, 0) is 9.53 Å². The molecule has 6 N–H and O–H groups in total. The molecule has 0 spiro atoms. The number of hydrogen-bond donors (Lipinski definition) is 4. The second-order valence-electron chi connectivity index (χ2n) is 5.05. The quantitative estimate of drug-likeness (QED) is 0.431. The van der Waals surface area contributed by atoms with Gasteiger partial charge in [0.05, 0.1) is 5.52 Å². The average molecular weight is 340 g/mol. The average Bonchev–Trinajstić information content (AvgIpc) is 2.56. The van der Waals surface area contributed by atoms with Crippen LogP contribution in [0.25, 0.3) is 10.9 Å².